The van der Waals surface area contributed by atoms with Gasteiger partial charge in [-0.1, -0.05) is 12.5 Å². The highest BCUT2D eigenvalue weighted by Crippen LogP contribution is 2.24. The summed E-state index contributed by atoms with van der Waals surface area (Å²) in [5.41, 5.74) is 1.03. The summed E-state index contributed by atoms with van der Waals surface area (Å²) < 4.78 is 26.9. The number of hydrogen-bond donors (Lipinski definition) is 1. The molecular formula is C15H23N3O2S. The molecule has 1 aromatic rings. The molecule has 5 nitrogen and oxygen atoms in total. The van der Waals surface area contributed by atoms with Crippen LogP contribution in [0.25, 0.3) is 0 Å². The molecular weight excluding hydrogens is 286 g/mol. The predicted octanol–water partition coefficient (Wildman–Crippen LogP) is 1.90. The summed E-state index contributed by atoms with van der Waals surface area (Å²) in [7, 11) is -3.45. The van der Waals surface area contributed by atoms with Crippen molar-refractivity contribution < 1.29 is 8.42 Å². The van der Waals surface area contributed by atoms with Gasteiger partial charge in [0.1, 0.15) is 0 Å². The second kappa shape index (κ2) is 6.02. The lowest BCUT2D eigenvalue weighted by Crippen LogP contribution is -2.42. The van der Waals surface area contributed by atoms with E-state index in [0.29, 0.717) is 12.6 Å². The molecule has 2 fully saturated rings. The molecule has 0 spiro atoms. The first kappa shape index (κ1) is 14.9. The first-order chi connectivity index (χ1) is 10.1. The Morgan fingerprint density at radius 2 is 2.10 bits per heavy atom. The molecule has 3 rings (SSSR count). The van der Waals surface area contributed by atoms with Crippen molar-refractivity contribution in [3.63, 3.8) is 0 Å². The summed E-state index contributed by atoms with van der Waals surface area (Å²) in [6.07, 6.45) is 7.14. The van der Waals surface area contributed by atoms with Crippen molar-refractivity contribution >= 4 is 10.0 Å². The molecule has 0 bridgehead atoms. The van der Waals surface area contributed by atoms with E-state index in [1.54, 1.807) is 16.6 Å². The van der Waals surface area contributed by atoms with E-state index >= 15 is 0 Å². The third kappa shape index (κ3) is 3.44. The minimum atomic E-state index is -3.45. The van der Waals surface area contributed by atoms with Crippen LogP contribution in [-0.2, 0) is 16.6 Å². The zero-order valence-electron chi connectivity index (χ0n) is 12.5. The molecule has 21 heavy (non-hydrogen) atoms. The smallest absolute Gasteiger partial charge is 0.260 e. The van der Waals surface area contributed by atoms with E-state index in [2.05, 4.69) is 10.3 Å². The van der Waals surface area contributed by atoms with Gasteiger partial charge in [-0.05, 0) is 44.2 Å². The van der Waals surface area contributed by atoms with Crippen molar-refractivity contribution in [3.8, 4) is 0 Å². The minimum absolute atomic E-state index is 0.0711. The SMILES string of the molecule is CC1CCCCN1S(=O)(=O)c1ccc(CNC2CC2)cn1. The van der Waals surface area contributed by atoms with E-state index < -0.39 is 10.0 Å². The number of sulfonamides is 1. The first-order valence-electron chi connectivity index (χ1n) is 7.77. The van der Waals surface area contributed by atoms with Crippen LogP contribution in [0.15, 0.2) is 23.4 Å². The maximum atomic E-state index is 12.6. The lowest BCUT2D eigenvalue weighted by Gasteiger charge is -2.31. The fourth-order valence-electron chi connectivity index (χ4n) is 2.77. The van der Waals surface area contributed by atoms with Crippen molar-refractivity contribution in [3.05, 3.63) is 23.9 Å². The Hall–Kier alpha value is -0.980. The van der Waals surface area contributed by atoms with Crippen LogP contribution < -0.4 is 5.32 Å². The Labute approximate surface area is 126 Å². The molecule has 116 valence electrons. The zero-order chi connectivity index (χ0) is 14.9. The van der Waals surface area contributed by atoms with Crippen LogP contribution in [-0.4, -0.2) is 36.3 Å². The van der Waals surface area contributed by atoms with Gasteiger partial charge in [0.2, 0.25) is 0 Å². The Morgan fingerprint density at radius 3 is 2.71 bits per heavy atom. The van der Waals surface area contributed by atoms with E-state index in [-0.39, 0.29) is 11.1 Å². The molecule has 1 saturated carbocycles. The number of nitrogens with one attached hydrogen (secondary N) is 1. The maximum Gasteiger partial charge on any atom is 0.260 e. The second-order valence-electron chi connectivity index (χ2n) is 6.12. The standard InChI is InChI=1S/C15H23N3O2S/c1-12-4-2-3-9-18(12)21(19,20)15-8-5-13(11-17-15)10-16-14-6-7-14/h5,8,11-12,14,16H,2-4,6-7,9-10H2,1H3. The number of piperidine rings is 1. The van der Waals surface area contributed by atoms with Crippen LogP contribution in [0.2, 0.25) is 0 Å². The van der Waals surface area contributed by atoms with Crippen LogP contribution in [0.5, 0.6) is 0 Å². The summed E-state index contributed by atoms with van der Waals surface area (Å²) in [6.45, 7) is 3.35. The molecule has 2 aliphatic rings. The molecule has 1 N–H and O–H groups in total. The monoisotopic (exact) mass is 309 g/mol. The number of hydrogen-bond acceptors (Lipinski definition) is 4. The molecule has 1 saturated heterocycles. The van der Waals surface area contributed by atoms with Gasteiger partial charge in [0, 0.05) is 31.4 Å². The van der Waals surface area contributed by atoms with Crippen LogP contribution >= 0.6 is 0 Å². The highest BCUT2D eigenvalue weighted by Gasteiger charge is 2.31. The molecule has 0 amide bonds. The van der Waals surface area contributed by atoms with E-state index in [9.17, 15) is 8.42 Å². The molecule has 1 aromatic heterocycles. The Kier molecular flexibility index (Phi) is 4.28. The van der Waals surface area contributed by atoms with Gasteiger partial charge < -0.3 is 5.32 Å². The van der Waals surface area contributed by atoms with Gasteiger partial charge in [-0.2, -0.15) is 4.31 Å². The van der Waals surface area contributed by atoms with Gasteiger partial charge in [-0.3, -0.25) is 0 Å². The molecule has 0 radical (unpaired) electrons. The van der Waals surface area contributed by atoms with Gasteiger partial charge in [0.15, 0.2) is 5.03 Å². The summed E-state index contributed by atoms with van der Waals surface area (Å²) in [4.78, 5) is 4.19. The summed E-state index contributed by atoms with van der Waals surface area (Å²) in [5, 5.41) is 3.57. The summed E-state index contributed by atoms with van der Waals surface area (Å²) in [6, 6.07) is 4.22. The maximum absolute atomic E-state index is 12.6. The normalized spacial score (nSPS) is 24.1. The largest absolute Gasteiger partial charge is 0.310 e. The predicted molar refractivity (Wildman–Crippen MR) is 81.3 cm³/mol. The van der Waals surface area contributed by atoms with Gasteiger partial charge >= 0.3 is 0 Å². The van der Waals surface area contributed by atoms with E-state index in [0.717, 1.165) is 31.4 Å². The molecule has 1 aliphatic carbocycles. The molecule has 2 heterocycles. The van der Waals surface area contributed by atoms with Crippen LogP contribution in [0.1, 0.15) is 44.6 Å². The fraction of sp³-hybridized carbons (Fsp3) is 0.667. The van der Waals surface area contributed by atoms with Gasteiger partial charge in [-0.25, -0.2) is 13.4 Å². The first-order valence-corrected chi connectivity index (χ1v) is 9.21. The van der Waals surface area contributed by atoms with Crippen molar-refractivity contribution in [1.82, 2.24) is 14.6 Å². The average Bonchev–Trinajstić information content (AvgIpc) is 3.30. The number of rotatable bonds is 5. The lowest BCUT2D eigenvalue weighted by molar-refractivity contribution is 0.268. The zero-order valence-corrected chi connectivity index (χ0v) is 13.3. The van der Waals surface area contributed by atoms with Crippen molar-refractivity contribution in [2.45, 2.75) is 62.7 Å². The summed E-state index contributed by atoms with van der Waals surface area (Å²) >= 11 is 0. The average molecular weight is 309 g/mol. The molecule has 1 unspecified atom stereocenters. The quantitative estimate of drug-likeness (QED) is 0.902. The van der Waals surface area contributed by atoms with Gasteiger partial charge in [-0.15, -0.1) is 0 Å². The highest BCUT2D eigenvalue weighted by atomic mass is 32.2. The van der Waals surface area contributed by atoms with Crippen LogP contribution in [0, 0.1) is 0 Å². The van der Waals surface area contributed by atoms with Gasteiger partial charge in [0.25, 0.3) is 10.0 Å². The highest BCUT2D eigenvalue weighted by molar-refractivity contribution is 7.89. The number of aromatic nitrogens is 1. The molecule has 1 atom stereocenters. The Bertz CT molecular complexity index is 581. The van der Waals surface area contributed by atoms with Crippen molar-refractivity contribution in [2.24, 2.45) is 0 Å². The van der Waals surface area contributed by atoms with E-state index in [4.69, 9.17) is 0 Å². The topological polar surface area (TPSA) is 62.3 Å². The molecule has 0 aromatic carbocycles. The molecule has 6 heteroatoms. The Balaban J connectivity index is 1.71. The minimum Gasteiger partial charge on any atom is -0.310 e. The second-order valence-corrected chi connectivity index (χ2v) is 7.96. The van der Waals surface area contributed by atoms with Crippen molar-refractivity contribution in [2.75, 3.05) is 6.54 Å². The van der Waals surface area contributed by atoms with Crippen molar-refractivity contribution in [1.29, 1.82) is 0 Å². The van der Waals surface area contributed by atoms with Gasteiger partial charge in [0.05, 0.1) is 0 Å². The number of nitrogens with zero attached hydrogens (tertiary/aromatic N) is 2. The van der Waals surface area contributed by atoms with E-state index in [1.165, 1.54) is 12.8 Å². The molecule has 1 aliphatic heterocycles. The third-order valence-corrected chi connectivity index (χ3v) is 6.21. The van der Waals surface area contributed by atoms with Crippen LogP contribution in [0.4, 0.5) is 0 Å². The van der Waals surface area contributed by atoms with Crippen LogP contribution in [0.3, 0.4) is 0 Å². The third-order valence-electron chi connectivity index (χ3n) is 4.28. The fourth-order valence-corrected chi connectivity index (χ4v) is 4.38. The van der Waals surface area contributed by atoms with E-state index in [1.807, 2.05) is 13.0 Å². The summed E-state index contributed by atoms with van der Waals surface area (Å²) in [5.74, 6) is 0. The number of pyridine rings is 1. The lowest BCUT2D eigenvalue weighted by atomic mass is 10.1. The Morgan fingerprint density at radius 1 is 1.29 bits per heavy atom.